The molecule has 14 heteroatoms. The van der Waals surface area contributed by atoms with Gasteiger partial charge in [0, 0.05) is 30.6 Å². The van der Waals surface area contributed by atoms with Crippen molar-refractivity contribution in [3.8, 4) is 5.82 Å². The van der Waals surface area contributed by atoms with E-state index in [4.69, 9.17) is 0 Å². The number of anilines is 1. The number of benzene rings is 1. The van der Waals surface area contributed by atoms with E-state index < -0.39 is 36.1 Å². The van der Waals surface area contributed by atoms with Gasteiger partial charge in [0.25, 0.3) is 21.4 Å². The number of aromatic nitrogens is 4. The molecule has 2 aromatic heterocycles. The normalized spacial score (nSPS) is 11.2. The van der Waals surface area contributed by atoms with Gasteiger partial charge in [-0.1, -0.05) is 0 Å². The summed E-state index contributed by atoms with van der Waals surface area (Å²) in [6, 6.07) is 2.81. The van der Waals surface area contributed by atoms with Crippen LogP contribution in [0.2, 0.25) is 0 Å². The van der Waals surface area contributed by atoms with Crippen molar-refractivity contribution in [1.82, 2.24) is 19.5 Å². The van der Waals surface area contributed by atoms with Gasteiger partial charge in [0.2, 0.25) is 0 Å². The molecule has 3 rings (SSSR count). The molecule has 1 aromatic carbocycles. The summed E-state index contributed by atoms with van der Waals surface area (Å²) in [4.78, 5) is 31.5. The fourth-order valence-electron chi connectivity index (χ4n) is 2.33. The fraction of sp³-hybridized carbons (Fsp3) is 0.0714. The number of nitrogens with one attached hydrogen (secondary N) is 1. The number of rotatable bonds is 6. The maximum atomic E-state index is 12.6. The maximum Gasteiger partial charge on any atom is 0.280 e. The van der Waals surface area contributed by atoms with E-state index in [2.05, 4.69) is 19.7 Å². The molecule has 0 fully saturated rings. The third-order valence-electron chi connectivity index (χ3n) is 3.69. The standard InChI is InChI=1S/C14H11N7O6S/c1-9-11(20(22)23)4-10(5-12(9)21(24)25)28(26,27)18-13-6-14(17-7-16-13)19-3-2-15-8-19/h2-8H,1H3,(H,16,17,18). The Morgan fingerprint density at radius 2 is 1.71 bits per heavy atom. The molecule has 2 heterocycles. The lowest BCUT2D eigenvalue weighted by Crippen LogP contribution is -2.15. The molecule has 28 heavy (non-hydrogen) atoms. The lowest BCUT2D eigenvalue weighted by Gasteiger charge is -2.09. The first-order valence-corrected chi connectivity index (χ1v) is 8.94. The Kier molecular flexibility index (Phi) is 4.70. The molecular formula is C14H11N7O6S. The second-order valence-electron chi connectivity index (χ2n) is 5.44. The first-order chi connectivity index (χ1) is 13.2. The van der Waals surface area contributed by atoms with E-state index in [0.29, 0.717) is 5.82 Å². The molecule has 0 amide bonds. The van der Waals surface area contributed by atoms with E-state index >= 15 is 0 Å². The van der Waals surface area contributed by atoms with Gasteiger partial charge in [-0.2, -0.15) is 0 Å². The van der Waals surface area contributed by atoms with Crippen LogP contribution in [0.4, 0.5) is 17.2 Å². The van der Waals surface area contributed by atoms with Gasteiger partial charge in [-0.05, 0) is 6.92 Å². The van der Waals surface area contributed by atoms with Crippen LogP contribution in [0.1, 0.15) is 5.56 Å². The Labute approximate surface area is 157 Å². The number of imidazole rings is 1. The summed E-state index contributed by atoms with van der Waals surface area (Å²) in [6.07, 6.45) is 5.62. The van der Waals surface area contributed by atoms with Gasteiger partial charge < -0.3 is 0 Å². The van der Waals surface area contributed by atoms with Crippen molar-refractivity contribution >= 4 is 27.2 Å². The Hall–Kier alpha value is -3.94. The van der Waals surface area contributed by atoms with Crippen LogP contribution in [0.25, 0.3) is 5.82 Å². The highest BCUT2D eigenvalue weighted by atomic mass is 32.2. The second kappa shape index (κ2) is 6.99. The Balaban J connectivity index is 2.03. The van der Waals surface area contributed by atoms with Crippen LogP contribution in [0.15, 0.2) is 48.1 Å². The minimum atomic E-state index is -4.40. The molecule has 0 radical (unpaired) electrons. The molecule has 0 atom stereocenters. The number of sulfonamides is 1. The molecule has 144 valence electrons. The number of hydrogen-bond donors (Lipinski definition) is 1. The zero-order valence-corrected chi connectivity index (χ0v) is 14.9. The molecule has 0 aliphatic rings. The van der Waals surface area contributed by atoms with Crippen LogP contribution in [0.5, 0.6) is 0 Å². The molecule has 0 unspecified atom stereocenters. The Bertz CT molecular complexity index is 1140. The van der Waals surface area contributed by atoms with Crippen molar-refractivity contribution in [2.75, 3.05) is 4.72 Å². The second-order valence-corrected chi connectivity index (χ2v) is 7.12. The van der Waals surface area contributed by atoms with Crippen LogP contribution in [-0.4, -0.2) is 37.8 Å². The topological polar surface area (TPSA) is 176 Å². The lowest BCUT2D eigenvalue weighted by atomic mass is 10.1. The summed E-state index contributed by atoms with van der Waals surface area (Å²) in [5.74, 6) is 0.177. The quantitative estimate of drug-likeness (QED) is 0.471. The number of nitrogens with zero attached hydrogens (tertiary/aromatic N) is 6. The molecule has 0 saturated carbocycles. The minimum Gasteiger partial charge on any atom is -0.290 e. The van der Waals surface area contributed by atoms with Crippen molar-refractivity contribution in [2.45, 2.75) is 11.8 Å². The summed E-state index contributed by atoms with van der Waals surface area (Å²) in [6.45, 7) is 1.17. The van der Waals surface area contributed by atoms with Crippen LogP contribution in [0, 0.1) is 27.2 Å². The van der Waals surface area contributed by atoms with E-state index in [1.54, 1.807) is 6.20 Å². The molecule has 0 spiro atoms. The lowest BCUT2D eigenvalue weighted by molar-refractivity contribution is -0.395. The molecule has 0 saturated heterocycles. The zero-order chi connectivity index (χ0) is 20.5. The summed E-state index contributed by atoms with van der Waals surface area (Å²) < 4.78 is 28.9. The van der Waals surface area contributed by atoms with Gasteiger partial charge in [0.1, 0.15) is 34.7 Å². The maximum absolute atomic E-state index is 12.6. The smallest absolute Gasteiger partial charge is 0.280 e. The molecule has 3 aromatic rings. The third kappa shape index (κ3) is 3.61. The van der Waals surface area contributed by atoms with Crippen LogP contribution in [-0.2, 0) is 10.0 Å². The first kappa shape index (κ1) is 18.8. The van der Waals surface area contributed by atoms with Crippen molar-refractivity contribution in [1.29, 1.82) is 0 Å². The monoisotopic (exact) mass is 405 g/mol. The van der Waals surface area contributed by atoms with Gasteiger partial charge in [-0.25, -0.2) is 23.4 Å². The molecule has 1 N–H and O–H groups in total. The van der Waals surface area contributed by atoms with Gasteiger partial charge >= 0.3 is 0 Å². The largest absolute Gasteiger partial charge is 0.290 e. The van der Waals surface area contributed by atoms with Crippen molar-refractivity contribution in [2.24, 2.45) is 0 Å². The van der Waals surface area contributed by atoms with E-state index in [1.165, 1.54) is 30.1 Å². The average Bonchev–Trinajstić information content (AvgIpc) is 3.15. The van der Waals surface area contributed by atoms with Crippen molar-refractivity contribution in [3.05, 3.63) is 69.0 Å². The van der Waals surface area contributed by atoms with E-state index in [9.17, 15) is 28.6 Å². The predicted octanol–water partition coefficient (Wildman–Crippen LogP) is 1.59. The van der Waals surface area contributed by atoms with Crippen LogP contribution >= 0.6 is 0 Å². The van der Waals surface area contributed by atoms with Gasteiger partial charge in [0.15, 0.2) is 0 Å². The fourth-order valence-corrected chi connectivity index (χ4v) is 3.37. The highest BCUT2D eigenvalue weighted by Gasteiger charge is 2.28. The highest BCUT2D eigenvalue weighted by molar-refractivity contribution is 7.92. The first-order valence-electron chi connectivity index (χ1n) is 7.45. The third-order valence-corrected chi connectivity index (χ3v) is 5.02. The van der Waals surface area contributed by atoms with Crippen LogP contribution < -0.4 is 4.72 Å². The average molecular weight is 405 g/mol. The van der Waals surface area contributed by atoms with Gasteiger partial charge in [-0.15, -0.1) is 0 Å². The number of nitro benzene ring substituents is 2. The summed E-state index contributed by atoms with van der Waals surface area (Å²) in [7, 11) is -4.40. The molecular weight excluding hydrogens is 394 g/mol. The number of hydrogen-bond acceptors (Lipinski definition) is 9. The zero-order valence-electron chi connectivity index (χ0n) is 14.1. The molecule has 0 aliphatic carbocycles. The molecule has 0 bridgehead atoms. The summed E-state index contributed by atoms with van der Waals surface area (Å²) in [5.41, 5.74) is -1.62. The summed E-state index contributed by atoms with van der Waals surface area (Å²) >= 11 is 0. The van der Waals surface area contributed by atoms with Gasteiger partial charge in [-0.3, -0.25) is 29.5 Å². The van der Waals surface area contributed by atoms with Crippen LogP contribution in [0.3, 0.4) is 0 Å². The van der Waals surface area contributed by atoms with Gasteiger partial charge in [0.05, 0.1) is 9.85 Å². The van der Waals surface area contributed by atoms with Crippen molar-refractivity contribution in [3.63, 3.8) is 0 Å². The Morgan fingerprint density at radius 3 is 2.25 bits per heavy atom. The number of nitro groups is 2. The van der Waals surface area contributed by atoms with E-state index in [1.807, 2.05) is 0 Å². The van der Waals surface area contributed by atoms with Crippen molar-refractivity contribution < 1.29 is 18.3 Å². The SMILES string of the molecule is Cc1c([N+](=O)[O-])cc(S(=O)(=O)Nc2cc(-n3ccnc3)ncn2)cc1[N+](=O)[O-]. The highest BCUT2D eigenvalue weighted by Crippen LogP contribution is 2.31. The van der Waals surface area contributed by atoms with E-state index in [-0.39, 0.29) is 11.4 Å². The summed E-state index contributed by atoms with van der Waals surface area (Å²) in [5, 5.41) is 22.3. The minimum absolute atomic E-state index is 0.135. The molecule has 13 nitrogen and oxygen atoms in total. The molecule has 0 aliphatic heterocycles. The van der Waals surface area contributed by atoms with E-state index in [0.717, 1.165) is 18.5 Å². The predicted molar refractivity (Wildman–Crippen MR) is 94.5 cm³/mol. The Morgan fingerprint density at radius 1 is 1.07 bits per heavy atom.